The molecule has 1 aliphatic heterocycles. The number of nitro benzene ring substituents is 2. The Morgan fingerprint density at radius 2 is 2.00 bits per heavy atom. The average Bonchev–Trinajstić information content (AvgIpc) is 2.53. The predicted molar refractivity (Wildman–Crippen MR) is 83.7 cm³/mol. The Morgan fingerprint density at radius 1 is 1.30 bits per heavy atom. The minimum Gasteiger partial charge on any atom is -0.336 e. The SMILES string of the molecule is CCC1CCCCN1C(=O)c1cc([N+](=O)[O-])cc([N+](=O)[O-])c1Cl. The van der Waals surface area contributed by atoms with Crippen molar-refractivity contribution in [2.45, 2.75) is 38.6 Å². The van der Waals surface area contributed by atoms with Crippen LogP contribution in [0.4, 0.5) is 11.4 Å². The summed E-state index contributed by atoms with van der Waals surface area (Å²) in [5.41, 5.74) is -1.34. The van der Waals surface area contributed by atoms with E-state index in [1.807, 2.05) is 6.92 Å². The second-order valence-electron chi connectivity index (χ2n) is 5.40. The van der Waals surface area contributed by atoms with Gasteiger partial charge in [0.25, 0.3) is 17.3 Å². The van der Waals surface area contributed by atoms with Gasteiger partial charge in [-0.1, -0.05) is 18.5 Å². The lowest BCUT2D eigenvalue weighted by molar-refractivity contribution is -0.394. The normalized spacial score (nSPS) is 17.8. The van der Waals surface area contributed by atoms with E-state index in [2.05, 4.69) is 0 Å². The monoisotopic (exact) mass is 341 g/mol. The highest BCUT2D eigenvalue weighted by atomic mass is 35.5. The fraction of sp³-hybridized carbons (Fsp3) is 0.500. The number of carbonyl (C=O) groups excluding carboxylic acids is 1. The molecule has 1 fully saturated rings. The molecule has 1 aliphatic rings. The molecule has 1 aromatic rings. The minimum atomic E-state index is -0.820. The fourth-order valence-corrected chi connectivity index (χ4v) is 3.09. The van der Waals surface area contributed by atoms with Crippen LogP contribution in [-0.4, -0.2) is 33.2 Å². The van der Waals surface area contributed by atoms with Crippen LogP contribution in [-0.2, 0) is 0 Å². The number of benzene rings is 1. The molecule has 0 spiro atoms. The molecule has 1 heterocycles. The number of piperidine rings is 1. The van der Waals surface area contributed by atoms with Crippen LogP contribution in [0.1, 0.15) is 43.0 Å². The van der Waals surface area contributed by atoms with Crippen molar-refractivity contribution in [1.29, 1.82) is 0 Å². The van der Waals surface area contributed by atoms with Gasteiger partial charge in [0.05, 0.1) is 21.5 Å². The Balaban J connectivity index is 2.50. The maximum absolute atomic E-state index is 12.7. The van der Waals surface area contributed by atoms with Crippen LogP contribution in [0.2, 0.25) is 5.02 Å². The third-order valence-corrected chi connectivity index (χ3v) is 4.43. The summed E-state index contributed by atoms with van der Waals surface area (Å²) in [6.07, 6.45) is 3.43. The smallest absolute Gasteiger partial charge is 0.295 e. The topological polar surface area (TPSA) is 107 Å². The van der Waals surface area contributed by atoms with Crippen LogP contribution in [0, 0.1) is 20.2 Å². The summed E-state index contributed by atoms with van der Waals surface area (Å²) in [5, 5.41) is 21.7. The van der Waals surface area contributed by atoms with E-state index in [9.17, 15) is 25.0 Å². The Bertz CT molecular complexity index is 664. The number of nitro groups is 2. The van der Waals surface area contributed by atoms with Gasteiger partial charge < -0.3 is 4.90 Å². The number of likely N-dealkylation sites (tertiary alicyclic amines) is 1. The number of non-ortho nitro benzene ring substituents is 1. The van der Waals surface area contributed by atoms with Crippen molar-refractivity contribution in [3.63, 3.8) is 0 Å². The Morgan fingerprint density at radius 3 is 2.57 bits per heavy atom. The molecule has 8 nitrogen and oxygen atoms in total. The molecule has 0 aliphatic carbocycles. The number of hydrogen-bond acceptors (Lipinski definition) is 5. The second-order valence-corrected chi connectivity index (χ2v) is 5.78. The van der Waals surface area contributed by atoms with Crippen molar-refractivity contribution in [2.24, 2.45) is 0 Å². The molecule has 0 saturated carbocycles. The number of hydrogen-bond donors (Lipinski definition) is 0. The number of carbonyl (C=O) groups is 1. The van der Waals surface area contributed by atoms with Crippen LogP contribution >= 0.6 is 11.6 Å². The van der Waals surface area contributed by atoms with Crippen LogP contribution in [0.3, 0.4) is 0 Å². The molecule has 1 aromatic carbocycles. The van der Waals surface area contributed by atoms with Gasteiger partial charge in [-0.25, -0.2) is 0 Å². The number of amides is 1. The van der Waals surface area contributed by atoms with Crippen molar-refractivity contribution >= 4 is 28.9 Å². The van der Waals surface area contributed by atoms with E-state index in [-0.39, 0.29) is 16.6 Å². The largest absolute Gasteiger partial charge is 0.336 e. The van der Waals surface area contributed by atoms with E-state index in [0.29, 0.717) is 6.54 Å². The molecule has 9 heteroatoms. The van der Waals surface area contributed by atoms with Crippen LogP contribution in [0.15, 0.2) is 12.1 Å². The van der Waals surface area contributed by atoms with E-state index in [1.165, 1.54) is 0 Å². The Kier molecular flexibility index (Phi) is 5.15. The molecular formula is C14H16ClN3O5. The van der Waals surface area contributed by atoms with Gasteiger partial charge in [0, 0.05) is 18.7 Å². The Hall–Kier alpha value is -2.22. The van der Waals surface area contributed by atoms with E-state index in [0.717, 1.165) is 37.8 Å². The molecule has 2 rings (SSSR count). The number of rotatable bonds is 4. The zero-order valence-corrected chi connectivity index (χ0v) is 13.3. The lowest BCUT2D eigenvalue weighted by atomic mass is 9.98. The third kappa shape index (κ3) is 3.42. The summed E-state index contributed by atoms with van der Waals surface area (Å²) in [5.74, 6) is -0.492. The Labute approximate surface area is 137 Å². The third-order valence-electron chi connectivity index (χ3n) is 4.04. The van der Waals surface area contributed by atoms with Gasteiger partial charge in [0.1, 0.15) is 5.02 Å². The molecule has 1 saturated heterocycles. The summed E-state index contributed by atoms with van der Waals surface area (Å²) < 4.78 is 0. The van der Waals surface area contributed by atoms with Crippen molar-refractivity contribution in [2.75, 3.05) is 6.54 Å². The number of halogens is 1. The van der Waals surface area contributed by atoms with Gasteiger partial charge >= 0.3 is 0 Å². The highest BCUT2D eigenvalue weighted by molar-refractivity contribution is 6.36. The van der Waals surface area contributed by atoms with E-state index in [4.69, 9.17) is 11.6 Å². The van der Waals surface area contributed by atoms with Crippen molar-refractivity contribution in [1.82, 2.24) is 4.90 Å². The summed E-state index contributed by atoms with van der Waals surface area (Å²) in [4.78, 5) is 34.8. The van der Waals surface area contributed by atoms with Gasteiger partial charge in [-0.3, -0.25) is 25.0 Å². The lowest BCUT2D eigenvalue weighted by Crippen LogP contribution is -2.43. The highest BCUT2D eigenvalue weighted by Crippen LogP contribution is 2.34. The fourth-order valence-electron chi connectivity index (χ4n) is 2.84. The second kappa shape index (κ2) is 6.91. The van der Waals surface area contributed by atoms with Crippen LogP contribution in [0.5, 0.6) is 0 Å². The van der Waals surface area contributed by atoms with Crippen molar-refractivity contribution in [3.05, 3.63) is 42.9 Å². The zero-order chi connectivity index (χ0) is 17.1. The van der Waals surface area contributed by atoms with Gasteiger partial charge in [-0.05, 0) is 25.7 Å². The molecule has 1 atom stereocenters. The van der Waals surface area contributed by atoms with Crippen LogP contribution < -0.4 is 0 Å². The first-order valence-corrected chi connectivity index (χ1v) is 7.67. The first-order chi connectivity index (χ1) is 10.9. The summed E-state index contributed by atoms with van der Waals surface area (Å²) >= 11 is 5.97. The molecule has 124 valence electrons. The summed E-state index contributed by atoms with van der Waals surface area (Å²) in [6, 6.07) is 1.80. The minimum absolute atomic E-state index is 0.0191. The predicted octanol–water partition coefficient (Wildman–Crippen LogP) is 3.56. The summed E-state index contributed by atoms with van der Waals surface area (Å²) in [6.45, 7) is 2.47. The molecule has 0 radical (unpaired) electrons. The van der Waals surface area contributed by atoms with Gasteiger partial charge in [0.15, 0.2) is 0 Å². The van der Waals surface area contributed by atoms with E-state index in [1.54, 1.807) is 4.90 Å². The molecule has 0 aromatic heterocycles. The first kappa shape index (κ1) is 17.1. The van der Waals surface area contributed by atoms with Crippen molar-refractivity contribution in [3.8, 4) is 0 Å². The first-order valence-electron chi connectivity index (χ1n) is 7.30. The molecule has 23 heavy (non-hydrogen) atoms. The molecular weight excluding hydrogens is 326 g/mol. The highest BCUT2D eigenvalue weighted by Gasteiger charge is 2.32. The molecule has 1 unspecified atom stereocenters. The van der Waals surface area contributed by atoms with Crippen LogP contribution in [0.25, 0.3) is 0 Å². The summed E-state index contributed by atoms with van der Waals surface area (Å²) in [7, 11) is 0. The molecule has 1 amide bonds. The molecule has 0 N–H and O–H groups in total. The average molecular weight is 342 g/mol. The van der Waals surface area contributed by atoms with Gasteiger partial charge in [-0.2, -0.15) is 0 Å². The lowest BCUT2D eigenvalue weighted by Gasteiger charge is -2.35. The van der Waals surface area contributed by atoms with E-state index < -0.39 is 27.1 Å². The number of nitrogens with zero attached hydrogens (tertiary/aromatic N) is 3. The van der Waals surface area contributed by atoms with Crippen molar-refractivity contribution < 1.29 is 14.6 Å². The maximum Gasteiger partial charge on any atom is 0.295 e. The van der Waals surface area contributed by atoms with Gasteiger partial charge in [0.2, 0.25) is 0 Å². The maximum atomic E-state index is 12.7. The zero-order valence-electron chi connectivity index (χ0n) is 12.5. The standard InChI is InChI=1S/C14H16ClN3O5/c1-2-9-5-3-4-6-16(9)14(19)11-7-10(17(20)21)8-12(13(11)15)18(22)23/h7-9H,2-6H2,1H3. The van der Waals surface area contributed by atoms with Gasteiger partial charge in [-0.15, -0.1) is 0 Å². The van der Waals surface area contributed by atoms with E-state index >= 15 is 0 Å². The quantitative estimate of drug-likeness (QED) is 0.614. The molecule has 0 bridgehead atoms.